The molecule has 1 fully saturated rings. The molecule has 7 heteroatoms. The van der Waals surface area contributed by atoms with Crippen molar-refractivity contribution in [1.82, 2.24) is 15.0 Å². The largest absolute Gasteiger partial charge is 0.409 e. The molecule has 20 heavy (non-hydrogen) atoms. The van der Waals surface area contributed by atoms with Gasteiger partial charge in [-0.1, -0.05) is 28.5 Å². The van der Waals surface area contributed by atoms with Crippen molar-refractivity contribution >= 4 is 11.5 Å². The molecule has 0 bridgehead atoms. The number of nitrogens with zero attached hydrogens (tertiary/aromatic N) is 5. The van der Waals surface area contributed by atoms with Gasteiger partial charge in [0.25, 0.3) is 0 Å². The van der Waals surface area contributed by atoms with E-state index in [1.54, 1.807) is 0 Å². The van der Waals surface area contributed by atoms with Crippen LogP contribution in [0.2, 0.25) is 0 Å². The number of hydrogen-bond donors (Lipinski definition) is 1. The molecule has 1 N–H and O–H groups in total. The van der Waals surface area contributed by atoms with Crippen molar-refractivity contribution in [3.05, 3.63) is 42.5 Å². The Balaban J connectivity index is 1.67. The number of aromatic nitrogens is 2. The first-order chi connectivity index (χ1) is 9.88. The number of oxime groups is 1. The van der Waals surface area contributed by atoms with Gasteiger partial charge in [0.05, 0.1) is 0 Å². The van der Waals surface area contributed by atoms with Gasteiger partial charge >= 0.3 is 0 Å². The molecule has 2 aromatic rings. The third kappa shape index (κ3) is 2.42. The summed E-state index contributed by atoms with van der Waals surface area (Å²) in [5, 5.41) is 16.1. The number of anilines is 1. The van der Waals surface area contributed by atoms with Crippen LogP contribution in [-0.2, 0) is 0 Å². The molecule has 1 aromatic carbocycles. The Hall–Kier alpha value is -2.57. The van der Waals surface area contributed by atoms with Crippen LogP contribution in [0.5, 0.6) is 0 Å². The molecule has 0 spiro atoms. The van der Waals surface area contributed by atoms with Crippen molar-refractivity contribution in [3.8, 4) is 0 Å². The van der Waals surface area contributed by atoms with Crippen LogP contribution in [0.4, 0.5) is 5.69 Å². The third-order valence-electron chi connectivity index (χ3n) is 3.36. The van der Waals surface area contributed by atoms with E-state index in [0.717, 1.165) is 26.2 Å². The molecule has 3 rings (SSSR count). The minimum absolute atomic E-state index is 0.306. The van der Waals surface area contributed by atoms with Crippen LogP contribution in [0.3, 0.4) is 0 Å². The Morgan fingerprint density at radius 2 is 1.90 bits per heavy atom. The molecule has 1 saturated heterocycles. The van der Waals surface area contributed by atoms with Gasteiger partial charge in [0.1, 0.15) is 0 Å². The summed E-state index contributed by atoms with van der Waals surface area (Å²) in [6, 6.07) is 10.3. The monoisotopic (exact) mass is 273 g/mol. The summed E-state index contributed by atoms with van der Waals surface area (Å²) in [5.74, 6) is 0.659. The van der Waals surface area contributed by atoms with E-state index in [4.69, 9.17) is 5.21 Å². The van der Waals surface area contributed by atoms with Crippen LogP contribution in [0.25, 0.3) is 0 Å². The minimum atomic E-state index is 0.306. The zero-order valence-electron chi connectivity index (χ0n) is 10.9. The Morgan fingerprint density at radius 1 is 1.15 bits per heavy atom. The van der Waals surface area contributed by atoms with Crippen molar-refractivity contribution < 1.29 is 9.73 Å². The number of piperazine rings is 1. The molecule has 0 saturated carbocycles. The van der Waals surface area contributed by atoms with Gasteiger partial charge in [-0.2, -0.15) is 4.98 Å². The highest BCUT2D eigenvalue weighted by molar-refractivity contribution is 5.94. The molecule has 0 amide bonds. The van der Waals surface area contributed by atoms with Gasteiger partial charge in [-0.15, -0.1) is 0 Å². The molecule has 0 aliphatic carbocycles. The van der Waals surface area contributed by atoms with Crippen LogP contribution in [0, 0.1) is 0 Å². The summed E-state index contributed by atoms with van der Waals surface area (Å²) >= 11 is 0. The molecule has 104 valence electrons. The molecular formula is C13H15N5O2. The number of benzene rings is 1. The van der Waals surface area contributed by atoms with E-state index in [2.05, 4.69) is 36.9 Å². The molecule has 0 unspecified atom stereocenters. The summed E-state index contributed by atoms with van der Waals surface area (Å²) in [6.45, 7) is 3.17. The maximum atomic E-state index is 9.14. The summed E-state index contributed by atoms with van der Waals surface area (Å²) in [4.78, 5) is 8.16. The standard InChI is InChI=1S/C13H15N5O2/c19-15-13(12-14-10-20-16-12)18-8-6-17(7-9-18)11-4-2-1-3-5-11/h1-5,10,19H,6-9H2/b15-13-. The van der Waals surface area contributed by atoms with Crippen molar-refractivity contribution in [3.63, 3.8) is 0 Å². The van der Waals surface area contributed by atoms with E-state index in [9.17, 15) is 0 Å². The second-order valence-electron chi connectivity index (χ2n) is 4.49. The summed E-state index contributed by atoms with van der Waals surface area (Å²) in [7, 11) is 0. The third-order valence-corrected chi connectivity index (χ3v) is 3.36. The van der Waals surface area contributed by atoms with E-state index in [0.29, 0.717) is 11.7 Å². The Morgan fingerprint density at radius 3 is 2.50 bits per heavy atom. The fourth-order valence-corrected chi connectivity index (χ4v) is 2.33. The summed E-state index contributed by atoms with van der Waals surface area (Å²) in [5.41, 5.74) is 1.20. The number of rotatable bonds is 2. The Labute approximate surface area is 116 Å². The molecule has 1 aromatic heterocycles. The molecule has 1 aliphatic rings. The fourth-order valence-electron chi connectivity index (χ4n) is 2.33. The average molecular weight is 273 g/mol. The molecule has 2 heterocycles. The predicted octanol–water partition coefficient (Wildman–Crippen LogP) is 1.03. The number of amidine groups is 1. The second-order valence-corrected chi connectivity index (χ2v) is 4.49. The molecular weight excluding hydrogens is 258 g/mol. The van der Waals surface area contributed by atoms with Crippen molar-refractivity contribution in [2.24, 2.45) is 5.16 Å². The van der Waals surface area contributed by atoms with E-state index in [1.807, 2.05) is 23.1 Å². The van der Waals surface area contributed by atoms with Crippen LogP contribution in [0.15, 0.2) is 46.4 Å². The minimum Gasteiger partial charge on any atom is -0.409 e. The first-order valence-corrected chi connectivity index (χ1v) is 6.42. The van der Waals surface area contributed by atoms with Gasteiger partial charge in [0.2, 0.25) is 18.1 Å². The van der Waals surface area contributed by atoms with Gasteiger partial charge in [-0.25, -0.2) is 0 Å². The normalized spacial score (nSPS) is 16.5. The smallest absolute Gasteiger partial charge is 0.241 e. The summed E-state index contributed by atoms with van der Waals surface area (Å²) < 4.78 is 4.69. The van der Waals surface area contributed by atoms with Gasteiger partial charge in [0.15, 0.2) is 0 Å². The van der Waals surface area contributed by atoms with Gasteiger partial charge < -0.3 is 19.5 Å². The lowest BCUT2D eigenvalue weighted by molar-refractivity contribution is 0.294. The molecule has 7 nitrogen and oxygen atoms in total. The lowest BCUT2D eigenvalue weighted by atomic mass is 10.2. The zero-order chi connectivity index (χ0) is 13.8. The van der Waals surface area contributed by atoms with Crippen molar-refractivity contribution in [1.29, 1.82) is 0 Å². The average Bonchev–Trinajstić information content (AvgIpc) is 3.04. The van der Waals surface area contributed by atoms with Crippen molar-refractivity contribution in [2.75, 3.05) is 31.1 Å². The van der Waals surface area contributed by atoms with Crippen LogP contribution >= 0.6 is 0 Å². The highest BCUT2D eigenvalue weighted by Crippen LogP contribution is 2.16. The van der Waals surface area contributed by atoms with Crippen LogP contribution < -0.4 is 4.90 Å². The highest BCUT2D eigenvalue weighted by Gasteiger charge is 2.23. The first kappa shape index (κ1) is 12.5. The molecule has 0 radical (unpaired) electrons. The van der Waals surface area contributed by atoms with Crippen LogP contribution in [-0.4, -0.2) is 52.3 Å². The Kier molecular flexibility index (Phi) is 3.49. The fraction of sp³-hybridized carbons (Fsp3) is 0.308. The predicted molar refractivity (Wildman–Crippen MR) is 72.8 cm³/mol. The number of para-hydroxylation sites is 1. The molecule has 0 atom stereocenters. The number of hydrogen-bond acceptors (Lipinski definition) is 6. The topological polar surface area (TPSA) is 78.0 Å². The van der Waals surface area contributed by atoms with Crippen LogP contribution in [0.1, 0.15) is 5.82 Å². The highest BCUT2D eigenvalue weighted by atomic mass is 16.5. The first-order valence-electron chi connectivity index (χ1n) is 6.42. The molecule has 1 aliphatic heterocycles. The maximum Gasteiger partial charge on any atom is 0.241 e. The lowest BCUT2D eigenvalue weighted by Crippen LogP contribution is -2.49. The maximum absolute atomic E-state index is 9.14. The lowest BCUT2D eigenvalue weighted by Gasteiger charge is -2.36. The van der Waals surface area contributed by atoms with Gasteiger partial charge in [-0.05, 0) is 12.1 Å². The Bertz CT molecular complexity index is 562. The van der Waals surface area contributed by atoms with E-state index in [-0.39, 0.29) is 0 Å². The van der Waals surface area contributed by atoms with Gasteiger partial charge in [-0.3, -0.25) is 0 Å². The quantitative estimate of drug-likeness (QED) is 0.381. The van der Waals surface area contributed by atoms with E-state index in [1.165, 1.54) is 12.1 Å². The SMILES string of the molecule is O/N=C(/c1ncon1)N1CCN(c2ccccc2)CC1. The zero-order valence-corrected chi connectivity index (χ0v) is 10.9. The van der Waals surface area contributed by atoms with E-state index >= 15 is 0 Å². The van der Waals surface area contributed by atoms with E-state index < -0.39 is 0 Å². The van der Waals surface area contributed by atoms with Gasteiger partial charge in [0, 0.05) is 31.9 Å². The second kappa shape index (κ2) is 5.60. The van der Waals surface area contributed by atoms with Crippen molar-refractivity contribution in [2.45, 2.75) is 0 Å². The summed E-state index contributed by atoms with van der Waals surface area (Å²) in [6.07, 6.45) is 1.22.